The number of nitro benzene ring substituents is 2. The number of unbranched alkanes of at least 4 members (excludes halogenated alkanes) is 4. The summed E-state index contributed by atoms with van der Waals surface area (Å²) in [4.78, 5) is 101. The number of nitrogens with zero attached hydrogens (tertiary/aromatic N) is 20. The molecule has 6 aromatic carbocycles. The van der Waals surface area contributed by atoms with E-state index >= 15 is 0 Å². The van der Waals surface area contributed by atoms with Gasteiger partial charge in [-0.25, -0.2) is 19.8 Å². The van der Waals surface area contributed by atoms with E-state index in [2.05, 4.69) is 74.4 Å². The molecular weight excluding hydrogens is 1630 g/mol. The molecule has 11 aromatic rings. The van der Waals surface area contributed by atoms with E-state index in [1.165, 1.54) is 72.6 Å². The topological polar surface area (TPSA) is 470 Å². The number of anilines is 1. The maximum atomic E-state index is 13.3. The van der Waals surface area contributed by atoms with Crippen LogP contribution in [-0.2, 0) is 25.4 Å². The molecule has 1 atom stereocenters. The number of allylic oxidation sites excluding steroid dienone is 2. The van der Waals surface area contributed by atoms with Crippen molar-refractivity contribution in [3.8, 4) is 52.7 Å². The smallest absolute Gasteiger partial charge is 0.338 e. The van der Waals surface area contributed by atoms with Crippen molar-refractivity contribution in [1.82, 2.24) is 33.4 Å². The number of azo groups is 3. The summed E-state index contributed by atoms with van der Waals surface area (Å²) in [6, 6.07) is 47.2. The number of halogens is 1. The van der Waals surface area contributed by atoms with Gasteiger partial charge in [-0.3, -0.25) is 48.5 Å². The van der Waals surface area contributed by atoms with E-state index in [1.54, 1.807) is 79.9 Å². The number of pyridine rings is 3. The Labute approximate surface area is 721 Å². The van der Waals surface area contributed by atoms with Gasteiger partial charge in [0.05, 0.1) is 37.3 Å². The summed E-state index contributed by atoms with van der Waals surface area (Å²) in [5, 5.41) is 110. The lowest BCUT2D eigenvalue weighted by Gasteiger charge is -2.21. The van der Waals surface area contributed by atoms with Crippen LogP contribution in [0.5, 0.6) is 23.3 Å². The van der Waals surface area contributed by atoms with E-state index in [0.717, 1.165) is 107 Å². The highest BCUT2D eigenvalue weighted by Crippen LogP contribution is 2.43. The highest BCUT2D eigenvalue weighted by molar-refractivity contribution is 7.19. The molecule has 3 N–H and O–H groups in total. The fourth-order valence-electron chi connectivity index (χ4n) is 12.5. The average Bonchev–Trinajstić information content (AvgIpc) is 1.57. The van der Waals surface area contributed by atoms with E-state index in [-0.39, 0.29) is 104 Å². The second-order valence-electron chi connectivity index (χ2n) is 28.0. The molecule has 12 rings (SSSR count). The molecule has 1 unspecified atom stereocenters. The first-order valence-corrected chi connectivity index (χ1v) is 40.8. The SMILES string of the molecule is CCCCC(CC)c1nc2n(n1)C(=O)C(C#N)=C(C)C2=Nc1sc(N(CCCC)CCCC)nc1-c1ccccc1.CCCCn1c(O)c(C#N)c(C)c(N=Nc2ccc([N+](=O)[O-])cc2Cl)c1=O.Cc1c(C#N)c(O)n(C)c(=O)c1N=Nc1cccc(C(=O)OCCOc2ccccc2)c1.Cn1c(=O)c(N=Nc2ccc([N+](=O)[O-])cc2)c(O)c2ccccc21. The molecule has 1 aliphatic heterocycles. The predicted octanol–water partition coefficient (Wildman–Crippen LogP) is 20.1. The van der Waals surface area contributed by atoms with Crippen LogP contribution >= 0.6 is 22.9 Å². The third-order valence-electron chi connectivity index (χ3n) is 19.6. The lowest BCUT2D eigenvalue weighted by Crippen LogP contribution is -2.28. The van der Waals surface area contributed by atoms with Gasteiger partial charge in [-0.1, -0.05) is 156 Å². The zero-order valence-electron chi connectivity index (χ0n) is 69.7. The number of ether oxygens (including phenoxy) is 2. The maximum Gasteiger partial charge on any atom is 0.338 e. The van der Waals surface area contributed by atoms with Gasteiger partial charge in [0.15, 0.2) is 39.6 Å². The van der Waals surface area contributed by atoms with Crippen LogP contribution in [0.15, 0.2) is 213 Å². The van der Waals surface area contributed by atoms with Gasteiger partial charge < -0.3 is 34.3 Å². The van der Waals surface area contributed by atoms with Crippen molar-refractivity contribution in [2.45, 2.75) is 132 Å². The number of esters is 1. The van der Waals surface area contributed by atoms with Gasteiger partial charge >= 0.3 is 5.97 Å². The lowest BCUT2D eigenvalue weighted by molar-refractivity contribution is -0.385. The van der Waals surface area contributed by atoms with Crippen LogP contribution in [0.1, 0.15) is 161 Å². The summed E-state index contributed by atoms with van der Waals surface area (Å²) in [6.07, 6.45) is 9.80. The van der Waals surface area contributed by atoms with Crippen molar-refractivity contribution < 1.29 is 44.2 Å². The fourth-order valence-corrected chi connectivity index (χ4v) is 13.7. The molecule has 0 saturated carbocycles. The lowest BCUT2D eigenvalue weighted by atomic mass is 9.98. The Morgan fingerprint density at radius 1 is 0.629 bits per heavy atom. The molecule has 0 amide bonds. The molecule has 34 nitrogen and oxygen atoms in total. The Hall–Kier alpha value is -14.9. The second-order valence-corrected chi connectivity index (χ2v) is 29.3. The number of hydrogen-bond acceptors (Lipinski definition) is 29. The number of aromatic nitrogens is 7. The molecule has 0 bridgehead atoms. The quantitative estimate of drug-likeness (QED) is 0.0124. The van der Waals surface area contributed by atoms with Crippen molar-refractivity contribution in [3.05, 3.63) is 259 Å². The Bertz CT molecular complexity index is 6250. The molecule has 1 aliphatic rings. The Morgan fingerprint density at radius 3 is 1.84 bits per heavy atom. The number of aryl methyl sites for hydroxylation is 1. The van der Waals surface area contributed by atoms with Crippen molar-refractivity contribution >= 4 is 107 Å². The van der Waals surface area contributed by atoms with Crippen molar-refractivity contribution in [3.63, 3.8) is 0 Å². The Kier molecular flexibility index (Phi) is 33.3. The second kappa shape index (κ2) is 44.4. The van der Waals surface area contributed by atoms with Gasteiger partial charge in [0.1, 0.15) is 76.0 Å². The largest absolute Gasteiger partial charge is 0.505 e. The Balaban J connectivity index is 0.000000191. The molecule has 6 heterocycles. The van der Waals surface area contributed by atoms with E-state index in [4.69, 9.17) is 36.0 Å². The monoisotopic (exact) mass is 1720 g/mol. The van der Waals surface area contributed by atoms with Crippen LogP contribution in [0.4, 0.5) is 55.6 Å². The van der Waals surface area contributed by atoms with Crippen molar-refractivity contribution in [1.29, 1.82) is 15.8 Å². The average molecular weight is 1720 g/mol. The fraction of sp³-hybridized carbons (Fsp3) is 0.295. The van der Waals surface area contributed by atoms with Gasteiger partial charge in [-0.05, 0) is 114 Å². The summed E-state index contributed by atoms with van der Waals surface area (Å²) < 4.78 is 15.4. The first-order valence-electron chi connectivity index (χ1n) is 39.6. The molecule has 36 heteroatoms. The third kappa shape index (κ3) is 22.6. The number of thiazole rings is 1. The van der Waals surface area contributed by atoms with Gasteiger partial charge in [-0.2, -0.15) is 30.7 Å². The molecule has 0 aliphatic carbocycles. The van der Waals surface area contributed by atoms with Crippen LogP contribution in [0.2, 0.25) is 5.02 Å². The molecule has 0 saturated heterocycles. The van der Waals surface area contributed by atoms with Crippen LogP contribution < -0.4 is 26.3 Å². The van der Waals surface area contributed by atoms with E-state index in [9.17, 15) is 75.3 Å². The van der Waals surface area contributed by atoms with Gasteiger partial charge in [0.25, 0.3) is 34.0 Å². The minimum Gasteiger partial charge on any atom is -0.505 e. The summed E-state index contributed by atoms with van der Waals surface area (Å²) in [5.74, 6) is -0.213. The highest BCUT2D eigenvalue weighted by Gasteiger charge is 2.35. The number of benzene rings is 6. The standard InChI is InChI=1S/C32H41N7OS.C23H20N4O5.C17H16ClN5O4.C16H12N4O4/c1-6-10-16-23(9-4)28-36-29-26(22(5)25(21-33)31(40)39(29)37-28)34-30-27(24-17-14-13-15-18-24)35-32(41-30)38(19-11-7-2)20-12-8-3;1-15-19(14-24)21(28)27(2)22(29)20(15)26-25-17-8-6-7-16(13-17)23(30)32-12-11-31-18-9-4-3-5-10-18;1-3-4-7-22-16(24)12(9-19)10(2)15(17(22)25)21-20-14-6-5-11(23(26)27)8-13(14)18;1-19-13-5-3-2-4-12(13)15(21)14(16(19)22)18-17-10-6-8-11(9-7-10)20(23)24/h13-15,17-18,23H,6-12,16,19-20H2,1-5H3;3-10,13,28H,11-12H2,1-2H3;5-6,8,24H,3-4,7H2,1-2H3;2-9,21H,1H3. The summed E-state index contributed by atoms with van der Waals surface area (Å²) >= 11 is 7.52. The number of non-ortho nitro benzene ring substituents is 2. The number of nitro groups is 2. The first kappa shape index (κ1) is 93.0. The Morgan fingerprint density at radius 2 is 1.22 bits per heavy atom. The number of rotatable bonds is 30. The van der Waals surface area contributed by atoms with Crippen LogP contribution in [-0.4, -0.2) is 103 Å². The van der Waals surface area contributed by atoms with Crippen molar-refractivity contribution in [2.75, 3.05) is 31.2 Å². The molecular formula is C88H89ClN20O14S. The highest BCUT2D eigenvalue weighted by atomic mass is 35.5. The summed E-state index contributed by atoms with van der Waals surface area (Å²) in [5.41, 5.74) is 2.43. The van der Waals surface area contributed by atoms with Gasteiger partial charge in [0.2, 0.25) is 11.8 Å². The number of aromatic hydroxyl groups is 3. The van der Waals surface area contributed by atoms with Gasteiger partial charge in [0, 0.05) is 91.6 Å². The normalized spacial score (nSPS) is 12.2. The minimum absolute atomic E-state index is 0.00352. The van der Waals surface area contributed by atoms with Crippen molar-refractivity contribution in [2.24, 2.45) is 49.8 Å². The summed E-state index contributed by atoms with van der Waals surface area (Å²) in [6.45, 7) is 17.8. The first-order chi connectivity index (χ1) is 59.7. The van der Waals surface area contributed by atoms with Crippen LogP contribution in [0, 0.1) is 68.1 Å². The number of carbonyl (C=O) groups excluding carboxylic acids is 2. The zero-order valence-corrected chi connectivity index (χ0v) is 71.3. The minimum atomic E-state index is -0.600. The molecule has 124 heavy (non-hydrogen) atoms. The number of aliphatic imine (C=N–C) groups is 1. The van der Waals surface area contributed by atoms with Crippen LogP contribution in [0.3, 0.4) is 0 Å². The molecule has 638 valence electrons. The molecule has 5 aromatic heterocycles. The number of para-hydroxylation sites is 2. The summed E-state index contributed by atoms with van der Waals surface area (Å²) in [7, 11) is 2.91. The molecule has 0 fully saturated rings. The number of carbonyl (C=O) groups is 2. The molecule has 0 radical (unpaired) electrons. The predicted molar refractivity (Wildman–Crippen MR) is 470 cm³/mol. The maximum absolute atomic E-state index is 13.3. The number of fused-ring (bicyclic) bond motifs is 2. The zero-order chi connectivity index (χ0) is 89.8. The van der Waals surface area contributed by atoms with Crippen LogP contribution in [0.25, 0.3) is 22.2 Å². The van der Waals surface area contributed by atoms with Gasteiger partial charge in [-0.15, -0.1) is 25.6 Å². The number of hydrogen-bond donors (Lipinski definition) is 3. The van der Waals surface area contributed by atoms with E-state index in [0.29, 0.717) is 57.4 Å². The van der Waals surface area contributed by atoms with E-state index in [1.807, 2.05) is 67.6 Å². The molecule has 0 spiro atoms. The van der Waals surface area contributed by atoms with E-state index < -0.39 is 50.2 Å². The third-order valence-corrected chi connectivity index (χ3v) is 20.9. The number of nitriles is 3.